The average Bonchev–Trinajstić information content (AvgIpc) is 3.59. The van der Waals surface area contributed by atoms with Crippen molar-refractivity contribution in [2.24, 2.45) is 5.92 Å². The molecule has 0 aliphatic carbocycles. The van der Waals surface area contributed by atoms with Gasteiger partial charge in [0.15, 0.2) is 5.78 Å². The third kappa shape index (κ3) is 5.98. The zero-order chi connectivity index (χ0) is 28.4. The number of hydrogen-bond acceptors (Lipinski definition) is 7. The number of benzene rings is 1. The first-order valence-electron chi connectivity index (χ1n) is 13.1. The molecule has 0 radical (unpaired) electrons. The summed E-state index contributed by atoms with van der Waals surface area (Å²) >= 11 is 1.20. The molecule has 1 unspecified atom stereocenters. The Kier molecular flexibility index (Phi) is 8.39. The zero-order valence-electron chi connectivity index (χ0n) is 22.9. The summed E-state index contributed by atoms with van der Waals surface area (Å²) in [6.07, 6.45) is 0.878. The largest absolute Gasteiger partial charge is 0.378 e. The molecule has 3 heterocycles. The number of likely N-dealkylation sites (tertiary alicyclic amines) is 2. The predicted octanol–water partition coefficient (Wildman–Crippen LogP) is 2.61. The van der Waals surface area contributed by atoms with E-state index in [1.165, 1.54) is 28.1 Å². The average molecular weight is 554 g/mol. The van der Waals surface area contributed by atoms with E-state index in [2.05, 4.69) is 10.6 Å². The molecule has 0 saturated carbocycles. The van der Waals surface area contributed by atoms with E-state index < -0.39 is 18.1 Å². The number of nitrogens with one attached hydrogen (secondary N) is 2. The quantitative estimate of drug-likeness (QED) is 0.519. The van der Waals surface area contributed by atoms with Crippen LogP contribution in [0.5, 0.6) is 0 Å². The van der Waals surface area contributed by atoms with Gasteiger partial charge in [-0.15, -0.1) is 11.3 Å². The van der Waals surface area contributed by atoms with Gasteiger partial charge in [0.1, 0.15) is 17.0 Å². The van der Waals surface area contributed by atoms with Crippen molar-refractivity contribution >= 4 is 52.1 Å². The molecule has 2 saturated heterocycles. The van der Waals surface area contributed by atoms with E-state index in [1.807, 2.05) is 45.0 Å². The highest BCUT2D eigenvalue weighted by Crippen LogP contribution is 2.34. The van der Waals surface area contributed by atoms with Crippen molar-refractivity contribution < 1.29 is 24.0 Å². The molecule has 208 valence electrons. The molecule has 4 rings (SSSR count). The number of nitrogens with zero attached hydrogens (tertiary/aromatic N) is 3. The molecule has 2 aromatic rings. The Morgan fingerprint density at radius 3 is 2.38 bits per heavy atom. The van der Waals surface area contributed by atoms with Crippen LogP contribution in [-0.2, 0) is 14.4 Å². The molecule has 1 aromatic heterocycles. The number of amides is 4. The second kappa shape index (κ2) is 11.6. The van der Waals surface area contributed by atoms with Crippen molar-refractivity contribution in [3.63, 3.8) is 0 Å². The number of fused-ring (bicyclic) bond motifs is 1. The lowest BCUT2D eigenvalue weighted by molar-refractivity contribution is -0.138. The molecule has 2 N–H and O–H groups in total. The standard InChI is InChI=1S/C28H35N5O5S/c1-16(2)14-21(30-26(36)18-6-8-19(9-7-18)31(4)5)27(37)32-12-10-22-24(32)23(35)15-33(22)28(38)25-20(11-13-39-25)29-17(3)34/h6-9,11,13,16,21-22,24H,10,12,14-15H2,1-5H3,(H,29,34)(H,30,36)/t21-,22?,24-/m0/s1. The highest BCUT2D eigenvalue weighted by molar-refractivity contribution is 7.12. The van der Waals surface area contributed by atoms with Crippen LogP contribution in [0.15, 0.2) is 35.7 Å². The van der Waals surface area contributed by atoms with Gasteiger partial charge in [-0.2, -0.15) is 0 Å². The second-order valence-electron chi connectivity index (χ2n) is 10.7. The smallest absolute Gasteiger partial charge is 0.266 e. The molecule has 4 amide bonds. The topological polar surface area (TPSA) is 119 Å². The van der Waals surface area contributed by atoms with Crippen LogP contribution >= 0.6 is 11.3 Å². The maximum absolute atomic E-state index is 13.8. The summed E-state index contributed by atoms with van der Waals surface area (Å²) in [4.78, 5) is 70.3. The van der Waals surface area contributed by atoms with E-state index in [-0.39, 0.29) is 41.9 Å². The van der Waals surface area contributed by atoms with E-state index in [4.69, 9.17) is 0 Å². The van der Waals surface area contributed by atoms with Crippen LogP contribution in [0.25, 0.3) is 0 Å². The van der Waals surface area contributed by atoms with Crippen LogP contribution < -0.4 is 15.5 Å². The molecule has 0 spiro atoms. The van der Waals surface area contributed by atoms with Gasteiger partial charge >= 0.3 is 0 Å². The second-order valence-corrected chi connectivity index (χ2v) is 11.6. The monoisotopic (exact) mass is 553 g/mol. The normalized spacial score (nSPS) is 19.2. The molecule has 2 aliphatic heterocycles. The van der Waals surface area contributed by atoms with Gasteiger partial charge in [-0.1, -0.05) is 13.8 Å². The Bertz CT molecular complexity index is 1270. The van der Waals surface area contributed by atoms with Crippen molar-refractivity contribution in [1.82, 2.24) is 15.1 Å². The number of Topliss-reactive ketones (excluding diaryl/α,β-unsaturated/α-hetero) is 1. The van der Waals surface area contributed by atoms with Crippen LogP contribution in [0.4, 0.5) is 11.4 Å². The summed E-state index contributed by atoms with van der Waals surface area (Å²) in [5, 5.41) is 7.27. The van der Waals surface area contributed by atoms with Gasteiger partial charge in [-0.3, -0.25) is 24.0 Å². The number of carbonyl (C=O) groups excluding carboxylic acids is 5. The summed E-state index contributed by atoms with van der Waals surface area (Å²) < 4.78 is 0. The third-order valence-electron chi connectivity index (χ3n) is 7.09. The summed E-state index contributed by atoms with van der Waals surface area (Å²) in [7, 11) is 3.83. The summed E-state index contributed by atoms with van der Waals surface area (Å²) in [6, 6.07) is 6.78. The van der Waals surface area contributed by atoms with Gasteiger partial charge in [0.25, 0.3) is 11.8 Å². The first-order valence-corrected chi connectivity index (χ1v) is 13.9. The number of thiophene rings is 1. The molecule has 3 atom stereocenters. The van der Waals surface area contributed by atoms with Crippen molar-refractivity contribution in [3.8, 4) is 0 Å². The number of rotatable bonds is 8. The SMILES string of the molecule is CC(=O)Nc1ccsc1C(=O)N1CC(=O)[C@@H]2C1CCN2C(=O)[C@H](CC(C)C)NC(=O)c1ccc(N(C)C)cc1. The van der Waals surface area contributed by atoms with Crippen molar-refractivity contribution in [1.29, 1.82) is 0 Å². The lowest BCUT2D eigenvalue weighted by Gasteiger charge is -2.29. The van der Waals surface area contributed by atoms with Crippen LogP contribution in [-0.4, -0.2) is 84.5 Å². The lowest BCUT2D eigenvalue weighted by atomic mass is 10.0. The molecule has 1 aromatic carbocycles. The van der Waals surface area contributed by atoms with Crippen LogP contribution in [0, 0.1) is 5.92 Å². The Morgan fingerprint density at radius 1 is 1.08 bits per heavy atom. The van der Waals surface area contributed by atoms with Gasteiger partial charge in [0.05, 0.1) is 18.3 Å². The van der Waals surface area contributed by atoms with Crippen molar-refractivity contribution in [3.05, 3.63) is 46.2 Å². The Labute approximate surface area is 232 Å². The minimum Gasteiger partial charge on any atom is -0.378 e. The number of ketones is 1. The Morgan fingerprint density at radius 2 is 1.77 bits per heavy atom. The van der Waals surface area contributed by atoms with Gasteiger partial charge in [-0.25, -0.2) is 0 Å². The van der Waals surface area contributed by atoms with Crippen molar-refractivity contribution in [2.45, 2.75) is 51.7 Å². The van der Waals surface area contributed by atoms with Crippen LogP contribution in [0.1, 0.15) is 53.6 Å². The maximum Gasteiger partial charge on any atom is 0.266 e. The Balaban J connectivity index is 1.50. The number of carbonyl (C=O) groups is 5. The fourth-order valence-electron chi connectivity index (χ4n) is 5.28. The van der Waals surface area contributed by atoms with Crippen LogP contribution in [0.3, 0.4) is 0 Å². The number of hydrogen-bond donors (Lipinski definition) is 2. The molecule has 2 fully saturated rings. The van der Waals surface area contributed by atoms with Gasteiger partial charge in [-0.05, 0) is 54.5 Å². The summed E-state index contributed by atoms with van der Waals surface area (Å²) in [6.45, 7) is 5.52. The lowest BCUT2D eigenvalue weighted by Crippen LogP contribution is -2.53. The minimum atomic E-state index is -0.800. The van der Waals surface area contributed by atoms with Gasteiger partial charge in [0.2, 0.25) is 11.8 Å². The first-order chi connectivity index (χ1) is 18.5. The molecule has 2 aliphatic rings. The summed E-state index contributed by atoms with van der Waals surface area (Å²) in [5.74, 6) is -1.37. The fraction of sp³-hybridized carbons (Fsp3) is 0.464. The molecule has 10 nitrogen and oxygen atoms in total. The fourth-order valence-corrected chi connectivity index (χ4v) is 6.08. The first kappa shape index (κ1) is 28.3. The third-order valence-corrected chi connectivity index (χ3v) is 8.00. The van der Waals surface area contributed by atoms with Gasteiger partial charge < -0.3 is 25.3 Å². The molecule has 0 bridgehead atoms. The molecular weight excluding hydrogens is 518 g/mol. The highest BCUT2D eigenvalue weighted by atomic mass is 32.1. The van der Waals surface area contributed by atoms with Gasteiger partial charge in [0, 0.05) is 38.8 Å². The maximum atomic E-state index is 13.8. The van der Waals surface area contributed by atoms with E-state index in [0.29, 0.717) is 35.5 Å². The minimum absolute atomic E-state index is 0.102. The van der Waals surface area contributed by atoms with E-state index in [0.717, 1.165) is 5.69 Å². The number of anilines is 2. The summed E-state index contributed by atoms with van der Waals surface area (Å²) in [5.41, 5.74) is 1.81. The van der Waals surface area contributed by atoms with E-state index in [1.54, 1.807) is 23.6 Å². The van der Waals surface area contributed by atoms with E-state index >= 15 is 0 Å². The molecular formula is C28H35N5O5S. The zero-order valence-corrected chi connectivity index (χ0v) is 23.7. The van der Waals surface area contributed by atoms with Crippen molar-refractivity contribution in [2.75, 3.05) is 37.4 Å². The van der Waals surface area contributed by atoms with E-state index in [9.17, 15) is 24.0 Å². The molecule has 39 heavy (non-hydrogen) atoms. The predicted molar refractivity (Wildman–Crippen MR) is 150 cm³/mol. The van der Waals surface area contributed by atoms with Crippen LogP contribution in [0.2, 0.25) is 0 Å². The molecule has 11 heteroatoms. The highest BCUT2D eigenvalue weighted by Gasteiger charge is 2.52. The Hall–Kier alpha value is -3.73.